The predicted molar refractivity (Wildman–Crippen MR) is 182 cm³/mol. The standard InChI is InChI=1S/C34H29BrN4O4S2/c1-5-43-33(41)29-20(2)36-34-39(31(29)21-11-14-25(44-4)15-12-21)32(40)28(45-34)18-23-19-38(24-9-7-6-8-10-24)37-30(23)22-13-16-27(42-3)26(35)17-22/h6-19,31H,5H2,1-4H3. The van der Waals surface area contributed by atoms with Gasteiger partial charge in [0.15, 0.2) is 4.80 Å². The lowest BCUT2D eigenvalue weighted by Gasteiger charge is -2.24. The minimum absolute atomic E-state index is 0.216. The minimum Gasteiger partial charge on any atom is -0.496 e. The molecular weight excluding hydrogens is 672 g/mol. The average Bonchev–Trinajstić information content (AvgIpc) is 3.61. The number of allylic oxidation sites excluding steroid dienone is 1. The van der Waals surface area contributed by atoms with Crippen molar-refractivity contribution in [1.82, 2.24) is 14.3 Å². The largest absolute Gasteiger partial charge is 0.496 e. The lowest BCUT2D eigenvalue weighted by atomic mass is 9.96. The van der Waals surface area contributed by atoms with Gasteiger partial charge in [-0.1, -0.05) is 41.7 Å². The van der Waals surface area contributed by atoms with Gasteiger partial charge in [-0.2, -0.15) is 5.10 Å². The van der Waals surface area contributed by atoms with Crippen molar-refractivity contribution < 1.29 is 14.3 Å². The van der Waals surface area contributed by atoms with Crippen LogP contribution < -0.4 is 19.6 Å². The summed E-state index contributed by atoms with van der Waals surface area (Å²) in [7, 11) is 1.62. The number of nitrogens with zero attached hydrogens (tertiary/aromatic N) is 4. The topological polar surface area (TPSA) is 87.7 Å². The Morgan fingerprint density at radius 1 is 1.11 bits per heavy atom. The summed E-state index contributed by atoms with van der Waals surface area (Å²) in [4.78, 5) is 33.8. The number of esters is 1. The van der Waals surface area contributed by atoms with Gasteiger partial charge in [-0.25, -0.2) is 14.5 Å². The van der Waals surface area contributed by atoms with Crippen LogP contribution in [0.25, 0.3) is 23.0 Å². The van der Waals surface area contributed by atoms with Gasteiger partial charge < -0.3 is 9.47 Å². The number of carbonyl (C=O) groups excluding carboxylic acids is 1. The predicted octanol–water partition coefficient (Wildman–Crippen LogP) is 6.14. The van der Waals surface area contributed by atoms with Crippen molar-refractivity contribution >= 4 is 51.1 Å². The van der Waals surface area contributed by atoms with Gasteiger partial charge in [-0.15, -0.1) is 11.8 Å². The summed E-state index contributed by atoms with van der Waals surface area (Å²) in [5.41, 5.74) is 4.62. The Labute approximate surface area is 276 Å². The van der Waals surface area contributed by atoms with Gasteiger partial charge >= 0.3 is 5.97 Å². The van der Waals surface area contributed by atoms with Gasteiger partial charge in [0, 0.05) is 22.2 Å². The summed E-state index contributed by atoms with van der Waals surface area (Å²) in [6, 6.07) is 22.8. The maximum Gasteiger partial charge on any atom is 0.338 e. The Morgan fingerprint density at radius 3 is 2.53 bits per heavy atom. The van der Waals surface area contributed by atoms with E-state index in [1.165, 1.54) is 11.3 Å². The Hall–Kier alpha value is -4.19. The van der Waals surface area contributed by atoms with E-state index in [2.05, 4.69) is 15.9 Å². The van der Waals surface area contributed by atoms with E-state index in [0.717, 1.165) is 31.7 Å². The van der Waals surface area contributed by atoms with Gasteiger partial charge in [0.25, 0.3) is 5.56 Å². The quantitative estimate of drug-likeness (QED) is 0.143. The number of methoxy groups -OCH3 is 1. The van der Waals surface area contributed by atoms with Gasteiger partial charge in [0.2, 0.25) is 0 Å². The van der Waals surface area contributed by atoms with Crippen LogP contribution in [0.3, 0.4) is 0 Å². The second-order valence-corrected chi connectivity index (χ2v) is 12.9. The molecule has 0 spiro atoms. The molecule has 228 valence electrons. The van der Waals surface area contributed by atoms with E-state index >= 15 is 0 Å². The molecular formula is C34H29BrN4O4S2. The van der Waals surface area contributed by atoms with E-state index in [0.29, 0.717) is 32.0 Å². The Morgan fingerprint density at radius 2 is 1.87 bits per heavy atom. The highest BCUT2D eigenvalue weighted by molar-refractivity contribution is 9.10. The average molecular weight is 702 g/mol. The highest BCUT2D eigenvalue weighted by atomic mass is 79.9. The number of benzene rings is 3. The number of halogens is 1. The smallest absolute Gasteiger partial charge is 0.338 e. The highest BCUT2D eigenvalue weighted by Crippen LogP contribution is 2.33. The maximum atomic E-state index is 14.3. The van der Waals surface area contributed by atoms with Crippen LogP contribution in [0, 0.1) is 0 Å². The molecule has 0 aliphatic carbocycles. The third kappa shape index (κ3) is 5.95. The number of thioether (sulfide) groups is 1. The van der Waals surface area contributed by atoms with E-state index in [1.807, 2.05) is 91.3 Å². The molecule has 8 nitrogen and oxygen atoms in total. The Balaban J connectivity index is 1.55. The first-order valence-corrected chi connectivity index (χ1v) is 17.0. The number of rotatable bonds is 8. The number of carbonyl (C=O) groups is 1. The number of aromatic nitrogens is 3. The molecule has 6 rings (SSSR count). The van der Waals surface area contributed by atoms with Crippen molar-refractivity contribution in [2.45, 2.75) is 24.8 Å². The van der Waals surface area contributed by atoms with Crippen molar-refractivity contribution in [3.05, 3.63) is 126 Å². The van der Waals surface area contributed by atoms with E-state index in [-0.39, 0.29) is 12.2 Å². The first kappa shape index (κ1) is 30.8. The van der Waals surface area contributed by atoms with Crippen LogP contribution in [-0.4, -0.2) is 40.3 Å². The summed E-state index contributed by atoms with van der Waals surface area (Å²) in [6.45, 7) is 3.77. The molecule has 0 saturated carbocycles. The van der Waals surface area contributed by atoms with E-state index < -0.39 is 12.0 Å². The fraction of sp³-hybridized carbons (Fsp3) is 0.176. The molecule has 11 heteroatoms. The van der Waals surface area contributed by atoms with Gasteiger partial charge in [-0.3, -0.25) is 9.36 Å². The van der Waals surface area contributed by atoms with Crippen LogP contribution in [0.15, 0.2) is 109 Å². The molecule has 0 radical (unpaired) electrons. The van der Waals surface area contributed by atoms with Crippen molar-refractivity contribution in [2.24, 2.45) is 4.99 Å². The fourth-order valence-corrected chi connectivity index (χ4v) is 7.26. The number of ether oxygens (including phenoxy) is 2. The molecule has 1 aliphatic rings. The van der Waals surface area contributed by atoms with Gasteiger partial charge in [-0.05, 0) is 90.1 Å². The molecule has 1 unspecified atom stereocenters. The van der Waals surface area contributed by atoms with E-state index in [9.17, 15) is 9.59 Å². The molecule has 0 saturated heterocycles. The molecule has 0 amide bonds. The van der Waals surface area contributed by atoms with Crippen molar-refractivity contribution in [2.75, 3.05) is 20.0 Å². The SMILES string of the molecule is CCOC(=O)C1=C(C)N=c2sc(=Cc3cn(-c4ccccc4)nc3-c3ccc(OC)c(Br)c3)c(=O)n2C1c1ccc(SC)cc1. The molecule has 3 heterocycles. The fourth-order valence-electron chi connectivity index (χ4n) is 5.28. The zero-order chi connectivity index (χ0) is 31.7. The number of fused-ring (bicyclic) bond motifs is 1. The first-order valence-electron chi connectivity index (χ1n) is 14.2. The minimum atomic E-state index is -0.678. The Kier molecular flexibility index (Phi) is 8.93. The molecule has 0 fully saturated rings. The van der Waals surface area contributed by atoms with Crippen LogP contribution in [0.4, 0.5) is 0 Å². The maximum absolute atomic E-state index is 14.3. The van der Waals surface area contributed by atoms with Crippen LogP contribution in [0.1, 0.15) is 31.0 Å². The Bertz CT molecular complexity index is 2120. The van der Waals surface area contributed by atoms with E-state index in [1.54, 1.807) is 42.0 Å². The highest BCUT2D eigenvalue weighted by Gasteiger charge is 2.33. The summed E-state index contributed by atoms with van der Waals surface area (Å²) in [5.74, 6) is 0.220. The van der Waals surface area contributed by atoms with E-state index in [4.69, 9.17) is 19.6 Å². The number of thiazole rings is 1. The summed E-state index contributed by atoms with van der Waals surface area (Å²) in [5, 5.41) is 4.93. The van der Waals surface area contributed by atoms with Crippen LogP contribution in [-0.2, 0) is 9.53 Å². The van der Waals surface area contributed by atoms with Crippen LogP contribution in [0.2, 0.25) is 0 Å². The third-order valence-corrected chi connectivity index (χ3v) is 9.77. The van der Waals surface area contributed by atoms with Crippen molar-refractivity contribution in [1.29, 1.82) is 0 Å². The zero-order valence-corrected chi connectivity index (χ0v) is 28.2. The first-order chi connectivity index (χ1) is 21.8. The number of hydrogen-bond donors (Lipinski definition) is 0. The summed E-state index contributed by atoms with van der Waals surface area (Å²) >= 11 is 6.50. The zero-order valence-electron chi connectivity index (χ0n) is 25.0. The second kappa shape index (κ2) is 13.0. The molecule has 45 heavy (non-hydrogen) atoms. The number of para-hydroxylation sites is 1. The lowest BCUT2D eigenvalue weighted by Crippen LogP contribution is -2.39. The molecule has 0 N–H and O–H groups in total. The van der Waals surface area contributed by atoms with Gasteiger partial charge in [0.1, 0.15) is 11.4 Å². The van der Waals surface area contributed by atoms with Crippen LogP contribution in [0.5, 0.6) is 5.75 Å². The second-order valence-electron chi connectivity index (χ2n) is 10.1. The monoisotopic (exact) mass is 700 g/mol. The lowest BCUT2D eigenvalue weighted by molar-refractivity contribution is -0.139. The van der Waals surface area contributed by atoms with Gasteiger partial charge in [0.05, 0.1) is 45.7 Å². The molecule has 1 atom stereocenters. The summed E-state index contributed by atoms with van der Waals surface area (Å²) in [6.07, 6.45) is 5.76. The number of hydrogen-bond acceptors (Lipinski definition) is 8. The van der Waals surface area contributed by atoms with Crippen molar-refractivity contribution in [3.63, 3.8) is 0 Å². The van der Waals surface area contributed by atoms with Crippen LogP contribution >= 0.6 is 39.0 Å². The molecule has 0 bridgehead atoms. The third-order valence-electron chi connectivity index (χ3n) is 7.42. The molecule has 2 aromatic heterocycles. The molecule has 3 aromatic carbocycles. The molecule has 1 aliphatic heterocycles. The summed E-state index contributed by atoms with van der Waals surface area (Å²) < 4.78 is 15.5. The molecule has 5 aromatic rings. The van der Waals surface area contributed by atoms with Crippen molar-refractivity contribution in [3.8, 4) is 22.7 Å². The normalized spacial score (nSPS) is 14.7.